The summed E-state index contributed by atoms with van der Waals surface area (Å²) in [5.74, 6) is 0.997. The van der Waals surface area contributed by atoms with Gasteiger partial charge in [-0.2, -0.15) is 0 Å². The fourth-order valence-corrected chi connectivity index (χ4v) is 2.43. The van der Waals surface area contributed by atoms with Gasteiger partial charge in [-0.1, -0.05) is 26.7 Å². The first kappa shape index (κ1) is 15.3. The summed E-state index contributed by atoms with van der Waals surface area (Å²) >= 11 is 0. The van der Waals surface area contributed by atoms with Crippen LogP contribution in [0.1, 0.15) is 46.5 Å². The summed E-state index contributed by atoms with van der Waals surface area (Å²) in [6.07, 6.45) is 5.30. The summed E-state index contributed by atoms with van der Waals surface area (Å²) in [5.41, 5.74) is 0. The number of aliphatic imine (C=N–C) groups is 1. The molecule has 0 aromatic heterocycles. The highest BCUT2D eigenvalue weighted by molar-refractivity contribution is 5.80. The fraction of sp³-hybridized carbons (Fsp3) is 0.929. The molecule has 0 radical (unpaired) electrons. The van der Waals surface area contributed by atoms with E-state index in [1.165, 1.54) is 25.7 Å². The second-order valence-corrected chi connectivity index (χ2v) is 4.91. The van der Waals surface area contributed by atoms with E-state index in [0.29, 0.717) is 6.04 Å². The van der Waals surface area contributed by atoms with Gasteiger partial charge < -0.3 is 15.5 Å². The number of nitrogens with one attached hydrogen (secondary N) is 2. The smallest absolute Gasteiger partial charge is 0.191 e. The molecule has 0 amide bonds. The predicted molar refractivity (Wildman–Crippen MR) is 79.2 cm³/mol. The zero-order valence-electron chi connectivity index (χ0n) is 12.3. The number of hydrogen-bond donors (Lipinski definition) is 2. The largest absolute Gasteiger partial charge is 0.357 e. The zero-order valence-corrected chi connectivity index (χ0v) is 12.3. The van der Waals surface area contributed by atoms with E-state index >= 15 is 0 Å². The number of guanidine groups is 1. The standard InChI is InChI=1S/C14H30N4/c1-4-15-14(17-13-9-7-8-10-13)16-11-12-18(5-2)6-3/h13H,4-12H2,1-3H3,(H2,15,16,17). The molecular weight excluding hydrogens is 224 g/mol. The van der Waals surface area contributed by atoms with Gasteiger partial charge in [-0.25, -0.2) is 0 Å². The number of nitrogens with zero attached hydrogens (tertiary/aromatic N) is 2. The van der Waals surface area contributed by atoms with Crippen molar-refractivity contribution in [1.29, 1.82) is 0 Å². The van der Waals surface area contributed by atoms with Gasteiger partial charge in [0.05, 0.1) is 6.54 Å². The van der Waals surface area contributed by atoms with Crippen LogP contribution < -0.4 is 10.6 Å². The maximum Gasteiger partial charge on any atom is 0.191 e. The summed E-state index contributed by atoms with van der Waals surface area (Å²) in [4.78, 5) is 7.07. The van der Waals surface area contributed by atoms with E-state index in [0.717, 1.165) is 38.7 Å². The van der Waals surface area contributed by atoms with Crippen LogP contribution in [0.3, 0.4) is 0 Å². The van der Waals surface area contributed by atoms with Crippen molar-refractivity contribution < 1.29 is 0 Å². The minimum atomic E-state index is 0.635. The van der Waals surface area contributed by atoms with Crippen LogP contribution in [0.4, 0.5) is 0 Å². The van der Waals surface area contributed by atoms with Crippen LogP contribution in [0.5, 0.6) is 0 Å². The number of rotatable bonds is 7. The van der Waals surface area contributed by atoms with E-state index in [9.17, 15) is 0 Å². The summed E-state index contributed by atoms with van der Waals surface area (Å²) in [6.45, 7) is 11.6. The van der Waals surface area contributed by atoms with Gasteiger partial charge in [0, 0.05) is 19.1 Å². The van der Waals surface area contributed by atoms with E-state index in [4.69, 9.17) is 0 Å². The van der Waals surface area contributed by atoms with Gasteiger partial charge in [0.2, 0.25) is 0 Å². The monoisotopic (exact) mass is 254 g/mol. The molecule has 4 nitrogen and oxygen atoms in total. The van der Waals surface area contributed by atoms with Crippen LogP contribution in [0, 0.1) is 0 Å². The SMILES string of the molecule is CCNC(=NCCN(CC)CC)NC1CCCC1. The van der Waals surface area contributed by atoms with Gasteiger partial charge >= 0.3 is 0 Å². The molecule has 0 heterocycles. The molecule has 106 valence electrons. The molecule has 0 atom stereocenters. The van der Waals surface area contributed by atoms with Crippen molar-refractivity contribution in [2.45, 2.75) is 52.5 Å². The predicted octanol–water partition coefficient (Wildman–Crippen LogP) is 1.83. The highest BCUT2D eigenvalue weighted by atomic mass is 15.2. The van der Waals surface area contributed by atoms with E-state index in [1.54, 1.807) is 0 Å². The Morgan fingerprint density at radius 2 is 1.83 bits per heavy atom. The Balaban J connectivity index is 2.34. The van der Waals surface area contributed by atoms with E-state index in [2.05, 4.69) is 41.3 Å². The van der Waals surface area contributed by atoms with Crippen LogP contribution in [-0.2, 0) is 0 Å². The van der Waals surface area contributed by atoms with Crippen LogP contribution in [-0.4, -0.2) is 49.6 Å². The van der Waals surface area contributed by atoms with Crippen molar-refractivity contribution in [3.05, 3.63) is 0 Å². The Bertz CT molecular complexity index is 230. The second kappa shape index (κ2) is 9.20. The van der Waals surface area contributed by atoms with E-state index < -0.39 is 0 Å². The van der Waals surface area contributed by atoms with Gasteiger partial charge in [-0.15, -0.1) is 0 Å². The molecule has 1 rings (SSSR count). The molecule has 0 aliphatic heterocycles. The van der Waals surface area contributed by atoms with Gasteiger partial charge in [0.1, 0.15) is 0 Å². The lowest BCUT2D eigenvalue weighted by Crippen LogP contribution is -2.42. The Morgan fingerprint density at radius 1 is 1.17 bits per heavy atom. The Morgan fingerprint density at radius 3 is 2.39 bits per heavy atom. The molecule has 0 spiro atoms. The molecule has 0 bridgehead atoms. The van der Waals surface area contributed by atoms with Crippen molar-refractivity contribution >= 4 is 5.96 Å². The van der Waals surface area contributed by atoms with Crippen molar-refractivity contribution in [3.8, 4) is 0 Å². The van der Waals surface area contributed by atoms with Crippen LogP contribution in [0.15, 0.2) is 4.99 Å². The molecule has 0 aromatic rings. The third kappa shape index (κ3) is 5.71. The fourth-order valence-electron chi connectivity index (χ4n) is 2.43. The second-order valence-electron chi connectivity index (χ2n) is 4.91. The minimum absolute atomic E-state index is 0.635. The average Bonchev–Trinajstić information content (AvgIpc) is 2.87. The first-order valence-electron chi connectivity index (χ1n) is 7.57. The number of likely N-dealkylation sites (N-methyl/N-ethyl adjacent to an activating group) is 1. The normalized spacial score (nSPS) is 17.4. The van der Waals surface area contributed by atoms with Gasteiger partial charge in [0.25, 0.3) is 0 Å². The maximum atomic E-state index is 4.67. The maximum absolute atomic E-state index is 4.67. The third-order valence-corrected chi connectivity index (χ3v) is 3.62. The van der Waals surface area contributed by atoms with Gasteiger partial charge in [-0.3, -0.25) is 4.99 Å². The minimum Gasteiger partial charge on any atom is -0.357 e. The quantitative estimate of drug-likeness (QED) is 0.538. The first-order chi connectivity index (χ1) is 8.80. The molecule has 0 aromatic carbocycles. The Kier molecular flexibility index (Phi) is 7.81. The lowest BCUT2D eigenvalue weighted by Gasteiger charge is -2.19. The summed E-state index contributed by atoms with van der Waals surface area (Å²) in [6, 6.07) is 0.635. The highest BCUT2D eigenvalue weighted by Crippen LogP contribution is 2.17. The van der Waals surface area contributed by atoms with Crippen molar-refractivity contribution in [2.75, 3.05) is 32.7 Å². The Labute approximate surface area is 112 Å². The molecule has 18 heavy (non-hydrogen) atoms. The van der Waals surface area contributed by atoms with Crippen LogP contribution >= 0.6 is 0 Å². The topological polar surface area (TPSA) is 39.7 Å². The van der Waals surface area contributed by atoms with Crippen molar-refractivity contribution in [3.63, 3.8) is 0 Å². The molecule has 0 saturated heterocycles. The molecule has 2 N–H and O–H groups in total. The summed E-state index contributed by atoms with van der Waals surface area (Å²) in [7, 11) is 0. The van der Waals surface area contributed by atoms with Gasteiger partial charge in [0.15, 0.2) is 5.96 Å². The molecule has 1 fully saturated rings. The van der Waals surface area contributed by atoms with Crippen molar-refractivity contribution in [2.24, 2.45) is 4.99 Å². The zero-order chi connectivity index (χ0) is 13.2. The van der Waals surface area contributed by atoms with Crippen LogP contribution in [0.25, 0.3) is 0 Å². The van der Waals surface area contributed by atoms with Crippen LogP contribution in [0.2, 0.25) is 0 Å². The van der Waals surface area contributed by atoms with Crippen molar-refractivity contribution in [1.82, 2.24) is 15.5 Å². The molecule has 0 unspecified atom stereocenters. The lowest BCUT2D eigenvalue weighted by molar-refractivity contribution is 0.313. The third-order valence-electron chi connectivity index (χ3n) is 3.62. The van der Waals surface area contributed by atoms with E-state index in [1.807, 2.05) is 0 Å². The lowest BCUT2D eigenvalue weighted by atomic mass is 10.2. The summed E-state index contributed by atoms with van der Waals surface area (Å²) in [5, 5.41) is 6.89. The van der Waals surface area contributed by atoms with Gasteiger partial charge in [-0.05, 0) is 32.9 Å². The molecule has 1 aliphatic carbocycles. The molecule has 1 saturated carbocycles. The molecule has 1 aliphatic rings. The Hall–Kier alpha value is -0.770. The number of hydrogen-bond acceptors (Lipinski definition) is 2. The van der Waals surface area contributed by atoms with E-state index in [-0.39, 0.29) is 0 Å². The highest BCUT2D eigenvalue weighted by Gasteiger charge is 2.15. The first-order valence-corrected chi connectivity index (χ1v) is 7.57. The average molecular weight is 254 g/mol. The molecular formula is C14H30N4. The molecule has 4 heteroatoms. The summed E-state index contributed by atoms with van der Waals surface area (Å²) < 4.78 is 0.